The van der Waals surface area contributed by atoms with Gasteiger partial charge in [-0.05, 0) is 78.9 Å². The summed E-state index contributed by atoms with van der Waals surface area (Å²) >= 11 is 1.44. The van der Waals surface area contributed by atoms with Gasteiger partial charge in [0.25, 0.3) is 5.91 Å². The van der Waals surface area contributed by atoms with Crippen LogP contribution in [-0.4, -0.2) is 40.1 Å². The number of para-hydroxylation sites is 1. The van der Waals surface area contributed by atoms with Gasteiger partial charge in [0.05, 0.1) is 16.8 Å². The van der Waals surface area contributed by atoms with Gasteiger partial charge in [0.2, 0.25) is 0 Å². The maximum atomic E-state index is 13.4. The second kappa shape index (κ2) is 11.0. The summed E-state index contributed by atoms with van der Waals surface area (Å²) in [5, 5.41) is 13.6. The zero-order valence-electron chi connectivity index (χ0n) is 22.7. The lowest BCUT2D eigenvalue weighted by Gasteiger charge is -2.31. The van der Waals surface area contributed by atoms with Crippen molar-refractivity contribution in [2.45, 2.75) is 26.8 Å². The molecule has 3 heterocycles. The third-order valence-electron chi connectivity index (χ3n) is 7.31. The summed E-state index contributed by atoms with van der Waals surface area (Å²) in [6.45, 7) is 5.44. The molecule has 0 bridgehead atoms. The van der Waals surface area contributed by atoms with E-state index in [-0.39, 0.29) is 11.6 Å². The lowest BCUT2D eigenvalue weighted by atomic mass is 9.94. The zero-order valence-corrected chi connectivity index (χ0v) is 23.5. The molecule has 9 heteroatoms. The van der Waals surface area contributed by atoms with Crippen molar-refractivity contribution >= 4 is 44.4 Å². The van der Waals surface area contributed by atoms with Crippen LogP contribution in [0.1, 0.15) is 44.5 Å². The van der Waals surface area contributed by atoms with Crippen LogP contribution in [0.2, 0.25) is 0 Å². The molecule has 8 nitrogen and oxygen atoms in total. The van der Waals surface area contributed by atoms with Gasteiger partial charge in [-0.1, -0.05) is 47.7 Å². The predicted molar refractivity (Wildman–Crippen MR) is 161 cm³/mol. The number of ether oxygens (including phenoxy) is 1. The molecule has 206 valence electrons. The first-order chi connectivity index (χ1) is 19.9. The summed E-state index contributed by atoms with van der Waals surface area (Å²) in [6, 6.07) is 22.8. The number of carbonyl (C=O) groups is 2. The molecule has 1 aliphatic rings. The molecule has 0 atom stereocenters. The minimum Gasteiger partial charge on any atom is -0.494 e. The number of thiazole rings is 1. The average Bonchev–Trinajstić information content (AvgIpc) is 3.40. The molecule has 1 amide bonds. The Balaban J connectivity index is 1.30. The molecule has 3 aromatic carbocycles. The smallest absolute Gasteiger partial charge is 0.355 e. The number of nitrogens with one attached hydrogen (secondary N) is 1. The largest absolute Gasteiger partial charge is 0.494 e. The first-order valence-corrected chi connectivity index (χ1v) is 14.2. The van der Waals surface area contributed by atoms with Crippen molar-refractivity contribution in [3.8, 4) is 16.9 Å². The molecule has 1 aliphatic heterocycles. The second-order valence-corrected chi connectivity index (χ2v) is 10.8. The summed E-state index contributed by atoms with van der Waals surface area (Å²) < 4.78 is 6.73. The predicted octanol–water partition coefficient (Wildman–Crippen LogP) is 6.58. The Morgan fingerprint density at radius 2 is 1.83 bits per heavy atom. The molecule has 0 aliphatic carbocycles. The van der Waals surface area contributed by atoms with Gasteiger partial charge in [0, 0.05) is 24.2 Å². The number of amides is 1. The number of pyridine rings is 1. The molecule has 0 spiro atoms. The Hall–Kier alpha value is -4.76. The van der Waals surface area contributed by atoms with Crippen LogP contribution < -0.4 is 15.0 Å². The maximum Gasteiger partial charge on any atom is 0.355 e. The highest BCUT2D eigenvalue weighted by atomic mass is 32.1. The van der Waals surface area contributed by atoms with Crippen molar-refractivity contribution in [1.82, 2.24) is 9.97 Å². The maximum absolute atomic E-state index is 13.4. The van der Waals surface area contributed by atoms with Crippen LogP contribution in [0.25, 0.3) is 21.3 Å². The Bertz CT molecular complexity index is 1770. The van der Waals surface area contributed by atoms with Crippen LogP contribution in [0.4, 0.5) is 10.9 Å². The average molecular weight is 565 g/mol. The Morgan fingerprint density at radius 1 is 1.00 bits per heavy atom. The van der Waals surface area contributed by atoms with Crippen LogP contribution >= 0.6 is 11.3 Å². The molecule has 0 radical (unpaired) electrons. The number of carbonyl (C=O) groups excluding carboxylic acids is 1. The van der Waals surface area contributed by atoms with Crippen molar-refractivity contribution in [2.75, 3.05) is 23.4 Å². The summed E-state index contributed by atoms with van der Waals surface area (Å²) in [4.78, 5) is 36.9. The molecule has 41 heavy (non-hydrogen) atoms. The van der Waals surface area contributed by atoms with Gasteiger partial charge in [0.1, 0.15) is 11.6 Å². The number of anilines is 2. The van der Waals surface area contributed by atoms with E-state index in [2.05, 4.69) is 15.3 Å². The summed E-state index contributed by atoms with van der Waals surface area (Å²) in [5.41, 5.74) is 5.56. The number of hydrogen-bond acceptors (Lipinski definition) is 7. The van der Waals surface area contributed by atoms with E-state index in [9.17, 15) is 14.7 Å². The van der Waals surface area contributed by atoms with Gasteiger partial charge < -0.3 is 14.7 Å². The molecule has 6 rings (SSSR count). The van der Waals surface area contributed by atoms with Crippen molar-refractivity contribution in [2.24, 2.45) is 0 Å². The fourth-order valence-electron chi connectivity index (χ4n) is 5.30. The van der Waals surface area contributed by atoms with Gasteiger partial charge in [-0.2, -0.15) is 0 Å². The minimum absolute atomic E-state index is 0.0214. The van der Waals surface area contributed by atoms with Gasteiger partial charge in [-0.25, -0.2) is 14.8 Å². The van der Waals surface area contributed by atoms with Crippen molar-refractivity contribution in [1.29, 1.82) is 0 Å². The van der Waals surface area contributed by atoms with Crippen LogP contribution in [0.3, 0.4) is 0 Å². The van der Waals surface area contributed by atoms with E-state index in [0.29, 0.717) is 48.2 Å². The number of aromatic nitrogens is 2. The second-order valence-electron chi connectivity index (χ2n) is 9.79. The van der Waals surface area contributed by atoms with Gasteiger partial charge in [-0.15, -0.1) is 0 Å². The Kier molecular flexibility index (Phi) is 7.11. The number of aromatic carboxylic acids is 1. The molecular formula is C32H28N4O4S. The highest BCUT2D eigenvalue weighted by Crippen LogP contribution is 2.34. The molecular weight excluding hydrogens is 536 g/mol. The van der Waals surface area contributed by atoms with Crippen molar-refractivity contribution in [3.05, 3.63) is 101 Å². The number of nitrogens with zero attached hydrogens (tertiary/aromatic N) is 3. The van der Waals surface area contributed by atoms with Crippen LogP contribution in [-0.2, 0) is 13.0 Å². The molecule has 0 unspecified atom stereocenters. The van der Waals surface area contributed by atoms with E-state index in [1.165, 1.54) is 11.3 Å². The quantitative estimate of drug-likeness (QED) is 0.230. The summed E-state index contributed by atoms with van der Waals surface area (Å²) in [5.74, 6) is -0.0511. The van der Waals surface area contributed by atoms with E-state index in [0.717, 1.165) is 38.2 Å². The molecule has 0 saturated heterocycles. The SMILES string of the molecule is CCOc1cccc(-c2ccc(N3CCc4cccc(C(=O)Nc5nc6ccccc6s5)c4C3)nc2C(=O)O)c1C. The fourth-order valence-corrected chi connectivity index (χ4v) is 6.16. The fraction of sp³-hybridized carbons (Fsp3) is 0.188. The molecule has 0 saturated carbocycles. The van der Waals surface area contributed by atoms with E-state index in [1.807, 2.05) is 91.5 Å². The molecule has 2 aromatic heterocycles. The minimum atomic E-state index is -1.10. The van der Waals surface area contributed by atoms with Crippen LogP contribution in [0.15, 0.2) is 72.8 Å². The third kappa shape index (κ3) is 5.12. The topological polar surface area (TPSA) is 105 Å². The van der Waals surface area contributed by atoms with Crippen LogP contribution in [0.5, 0.6) is 5.75 Å². The number of carboxylic acids is 1. The molecule has 2 N–H and O–H groups in total. The number of rotatable bonds is 7. The summed E-state index contributed by atoms with van der Waals surface area (Å²) in [7, 11) is 0. The first kappa shape index (κ1) is 26.5. The lowest BCUT2D eigenvalue weighted by Crippen LogP contribution is -2.33. The van der Waals surface area contributed by atoms with E-state index in [1.54, 1.807) is 0 Å². The van der Waals surface area contributed by atoms with Crippen molar-refractivity contribution in [3.63, 3.8) is 0 Å². The number of fused-ring (bicyclic) bond motifs is 2. The normalized spacial score (nSPS) is 12.7. The van der Waals surface area contributed by atoms with E-state index >= 15 is 0 Å². The number of carboxylic acid groups (broad SMARTS) is 1. The standard InChI is InChI=1S/C32H28N4O4S/c1-3-40-26-12-7-9-21(19(26)2)22-14-15-28(34-29(22)31(38)39)36-17-16-20-8-6-10-23(24(20)18-36)30(37)35-32-33-25-11-4-5-13-27(25)41-32/h4-15H,3,16-18H2,1-2H3,(H,38,39)(H,33,35,37). The monoisotopic (exact) mass is 564 g/mol. The number of hydrogen-bond donors (Lipinski definition) is 2. The molecule has 5 aromatic rings. The van der Waals surface area contributed by atoms with E-state index < -0.39 is 5.97 Å². The van der Waals surface area contributed by atoms with Crippen LogP contribution in [0, 0.1) is 6.92 Å². The highest BCUT2D eigenvalue weighted by Gasteiger charge is 2.25. The third-order valence-corrected chi connectivity index (χ3v) is 8.27. The Morgan fingerprint density at radius 3 is 2.63 bits per heavy atom. The lowest BCUT2D eigenvalue weighted by molar-refractivity contribution is 0.0691. The zero-order chi connectivity index (χ0) is 28.5. The molecule has 0 fully saturated rings. The van der Waals surface area contributed by atoms with Gasteiger partial charge >= 0.3 is 5.97 Å². The summed E-state index contributed by atoms with van der Waals surface area (Å²) in [6.07, 6.45) is 0.707. The first-order valence-electron chi connectivity index (χ1n) is 13.4. The Labute approximate surface area is 241 Å². The van der Waals surface area contributed by atoms with Gasteiger partial charge in [-0.3, -0.25) is 10.1 Å². The number of benzene rings is 3. The van der Waals surface area contributed by atoms with E-state index in [4.69, 9.17) is 4.74 Å². The van der Waals surface area contributed by atoms with Gasteiger partial charge in [0.15, 0.2) is 10.8 Å². The highest BCUT2D eigenvalue weighted by molar-refractivity contribution is 7.22. The van der Waals surface area contributed by atoms with Crippen molar-refractivity contribution < 1.29 is 19.4 Å².